The average molecular weight is 260 g/mol. The van der Waals surface area contributed by atoms with Crippen LogP contribution in [0.4, 0.5) is 13.2 Å². The lowest BCUT2D eigenvalue weighted by atomic mass is 9.97. The van der Waals surface area contributed by atoms with E-state index in [1.807, 2.05) is 0 Å². The highest BCUT2D eigenvalue weighted by molar-refractivity contribution is 5.41. The van der Waals surface area contributed by atoms with Gasteiger partial charge in [0.2, 0.25) is 0 Å². The molecule has 1 aromatic rings. The molecular formula is C13H15F3O2. The molecule has 0 amide bonds. The number of ether oxygens (including phenoxy) is 1. The third-order valence-electron chi connectivity index (χ3n) is 2.86. The maximum atomic E-state index is 12.5. The normalized spacial score (nSPS) is 19.6. The fraction of sp³-hybridized carbons (Fsp3) is 0.538. The van der Waals surface area contributed by atoms with Crippen LogP contribution in [0.3, 0.4) is 0 Å². The van der Waals surface area contributed by atoms with E-state index in [-0.39, 0.29) is 6.10 Å². The van der Waals surface area contributed by atoms with E-state index >= 15 is 0 Å². The molecule has 0 saturated heterocycles. The van der Waals surface area contributed by atoms with Gasteiger partial charge in [0.15, 0.2) is 0 Å². The molecule has 0 saturated carbocycles. The molecule has 2 rings (SSSR count). The van der Waals surface area contributed by atoms with Crippen LogP contribution < -0.4 is 4.74 Å². The maximum absolute atomic E-state index is 12.5. The van der Waals surface area contributed by atoms with Crippen molar-refractivity contribution in [2.24, 2.45) is 0 Å². The van der Waals surface area contributed by atoms with Gasteiger partial charge in [-0.2, -0.15) is 13.2 Å². The van der Waals surface area contributed by atoms with Crippen LogP contribution in [-0.2, 0) is 12.6 Å². The number of aliphatic hydroxyl groups is 1. The maximum Gasteiger partial charge on any atom is 0.416 e. The lowest BCUT2D eigenvalue weighted by molar-refractivity contribution is -0.137. The van der Waals surface area contributed by atoms with Gasteiger partial charge in [0.05, 0.1) is 11.2 Å². The van der Waals surface area contributed by atoms with E-state index in [2.05, 4.69) is 0 Å². The molecule has 1 atom stereocenters. The Kier molecular flexibility index (Phi) is 3.05. The van der Waals surface area contributed by atoms with Gasteiger partial charge >= 0.3 is 6.18 Å². The summed E-state index contributed by atoms with van der Waals surface area (Å²) < 4.78 is 43.2. The number of benzene rings is 1. The zero-order valence-electron chi connectivity index (χ0n) is 10.2. The Labute approximate surface area is 103 Å². The molecule has 0 aromatic heterocycles. The van der Waals surface area contributed by atoms with Crippen molar-refractivity contribution < 1.29 is 23.0 Å². The minimum atomic E-state index is -4.33. The third-order valence-corrected chi connectivity index (χ3v) is 2.86. The second-order valence-corrected chi connectivity index (χ2v) is 5.28. The van der Waals surface area contributed by atoms with Gasteiger partial charge in [-0.1, -0.05) is 0 Å². The molecule has 1 N–H and O–H groups in total. The molecule has 1 heterocycles. The van der Waals surface area contributed by atoms with Gasteiger partial charge in [-0.3, -0.25) is 0 Å². The van der Waals surface area contributed by atoms with Gasteiger partial charge in [0, 0.05) is 12.8 Å². The van der Waals surface area contributed by atoms with Crippen LogP contribution in [-0.4, -0.2) is 16.8 Å². The van der Waals surface area contributed by atoms with Crippen molar-refractivity contribution in [2.75, 3.05) is 0 Å². The van der Waals surface area contributed by atoms with Gasteiger partial charge < -0.3 is 9.84 Å². The number of alkyl halides is 3. The van der Waals surface area contributed by atoms with E-state index in [0.29, 0.717) is 24.2 Å². The predicted octanol–water partition coefficient (Wildman–Crippen LogP) is 3.17. The Morgan fingerprint density at radius 2 is 2.00 bits per heavy atom. The molecule has 1 aliphatic heterocycles. The molecule has 5 heteroatoms. The Hall–Kier alpha value is -1.23. The molecule has 1 aromatic carbocycles. The smallest absolute Gasteiger partial charge is 0.416 e. The lowest BCUT2D eigenvalue weighted by Gasteiger charge is -2.21. The molecule has 0 fully saturated rings. The SMILES string of the molecule is CC(C)(O)CC1Cc2cc(C(F)(F)F)ccc2O1. The van der Waals surface area contributed by atoms with Crippen LogP contribution in [0.1, 0.15) is 31.4 Å². The first-order valence-electron chi connectivity index (χ1n) is 5.74. The van der Waals surface area contributed by atoms with Crippen molar-refractivity contribution in [3.8, 4) is 5.75 Å². The van der Waals surface area contributed by atoms with Crippen LogP contribution in [0.5, 0.6) is 5.75 Å². The number of fused-ring (bicyclic) bond motifs is 1. The van der Waals surface area contributed by atoms with E-state index < -0.39 is 17.3 Å². The quantitative estimate of drug-likeness (QED) is 0.885. The summed E-state index contributed by atoms with van der Waals surface area (Å²) in [5.41, 5.74) is -0.993. The summed E-state index contributed by atoms with van der Waals surface area (Å²) in [5.74, 6) is 0.484. The number of hydrogen-bond acceptors (Lipinski definition) is 2. The van der Waals surface area contributed by atoms with Crippen molar-refractivity contribution >= 4 is 0 Å². The van der Waals surface area contributed by atoms with Crippen LogP contribution in [0, 0.1) is 0 Å². The Bertz CT molecular complexity index is 447. The zero-order chi connectivity index (χ0) is 13.6. The third kappa shape index (κ3) is 2.96. The average Bonchev–Trinajstić information content (AvgIpc) is 2.53. The molecule has 0 radical (unpaired) electrons. The van der Waals surface area contributed by atoms with E-state index in [1.165, 1.54) is 6.07 Å². The Morgan fingerprint density at radius 3 is 2.56 bits per heavy atom. The Balaban J connectivity index is 2.16. The first-order chi connectivity index (χ1) is 8.15. The van der Waals surface area contributed by atoms with Crippen LogP contribution in [0.25, 0.3) is 0 Å². The second-order valence-electron chi connectivity index (χ2n) is 5.28. The summed E-state index contributed by atoms with van der Waals surface area (Å²) in [5, 5.41) is 9.68. The van der Waals surface area contributed by atoms with Crippen molar-refractivity contribution in [3.05, 3.63) is 29.3 Å². The molecule has 0 aliphatic carbocycles. The molecule has 18 heavy (non-hydrogen) atoms. The summed E-state index contributed by atoms with van der Waals surface area (Å²) in [7, 11) is 0. The summed E-state index contributed by atoms with van der Waals surface area (Å²) >= 11 is 0. The molecule has 2 nitrogen and oxygen atoms in total. The van der Waals surface area contributed by atoms with Gasteiger partial charge in [0.1, 0.15) is 11.9 Å². The highest BCUT2D eigenvalue weighted by atomic mass is 19.4. The predicted molar refractivity (Wildman–Crippen MR) is 60.5 cm³/mol. The number of halogens is 3. The molecule has 1 aliphatic rings. The van der Waals surface area contributed by atoms with Crippen molar-refractivity contribution in [1.82, 2.24) is 0 Å². The number of hydrogen-bond donors (Lipinski definition) is 1. The Morgan fingerprint density at radius 1 is 1.33 bits per heavy atom. The molecular weight excluding hydrogens is 245 g/mol. The highest BCUT2D eigenvalue weighted by Crippen LogP contribution is 2.37. The van der Waals surface area contributed by atoms with Crippen molar-refractivity contribution in [1.29, 1.82) is 0 Å². The number of rotatable bonds is 2. The highest BCUT2D eigenvalue weighted by Gasteiger charge is 2.34. The fourth-order valence-electron chi connectivity index (χ4n) is 2.17. The minimum Gasteiger partial charge on any atom is -0.490 e. The summed E-state index contributed by atoms with van der Waals surface area (Å²) in [6, 6.07) is 3.49. The van der Waals surface area contributed by atoms with Gasteiger partial charge in [-0.25, -0.2) is 0 Å². The first-order valence-corrected chi connectivity index (χ1v) is 5.74. The van der Waals surface area contributed by atoms with Gasteiger partial charge in [-0.15, -0.1) is 0 Å². The standard InChI is InChI=1S/C13H15F3O2/c1-12(2,17)7-10-6-8-5-9(13(14,15)16)3-4-11(8)18-10/h3-5,10,17H,6-7H2,1-2H3. The van der Waals surface area contributed by atoms with E-state index in [0.717, 1.165) is 12.1 Å². The second kappa shape index (κ2) is 4.16. The van der Waals surface area contributed by atoms with Gasteiger partial charge in [0.25, 0.3) is 0 Å². The molecule has 0 bridgehead atoms. The summed E-state index contributed by atoms with van der Waals surface area (Å²) in [6.45, 7) is 3.31. The molecule has 1 unspecified atom stereocenters. The van der Waals surface area contributed by atoms with Crippen molar-refractivity contribution in [2.45, 2.75) is 44.6 Å². The van der Waals surface area contributed by atoms with E-state index in [1.54, 1.807) is 13.8 Å². The van der Waals surface area contributed by atoms with Crippen molar-refractivity contribution in [3.63, 3.8) is 0 Å². The van der Waals surface area contributed by atoms with Gasteiger partial charge in [-0.05, 0) is 37.6 Å². The van der Waals surface area contributed by atoms with Crippen LogP contribution in [0.15, 0.2) is 18.2 Å². The minimum absolute atomic E-state index is 0.261. The monoisotopic (exact) mass is 260 g/mol. The van der Waals surface area contributed by atoms with Crippen LogP contribution in [0.2, 0.25) is 0 Å². The molecule has 0 spiro atoms. The summed E-state index contributed by atoms with van der Waals surface area (Å²) in [4.78, 5) is 0. The molecule has 100 valence electrons. The fourth-order valence-corrected chi connectivity index (χ4v) is 2.17. The first kappa shape index (κ1) is 13.2. The topological polar surface area (TPSA) is 29.5 Å². The van der Waals surface area contributed by atoms with E-state index in [9.17, 15) is 18.3 Å². The van der Waals surface area contributed by atoms with Crippen LogP contribution >= 0.6 is 0 Å². The zero-order valence-corrected chi connectivity index (χ0v) is 10.2. The largest absolute Gasteiger partial charge is 0.490 e. The van der Waals surface area contributed by atoms with E-state index in [4.69, 9.17) is 4.74 Å². The lowest BCUT2D eigenvalue weighted by Crippen LogP contribution is -2.28. The summed E-state index contributed by atoms with van der Waals surface area (Å²) in [6.07, 6.45) is -3.79.